The van der Waals surface area contributed by atoms with Crippen molar-refractivity contribution in [1.29, 1.82) is 0 Å². The van der Waals surface area contributed by atoms with Crippen LogP contribution in [0.1, 0.15) is 44.9 Å². The Labute approximate surface area is 133 Å². The third-order valence-corrected chi connectivity index (χ3v) is 6.71. The topological polar surface area (TPSA) is 46.3 Å². The lowest BCUT2D eigenvalue weighted by Gasteiger charge is -2.57. The number of hydrogen-bond acceptors (Lipinski definition) is 3. The number of rotatable bonds is 6. The average molecular weight is 311 g/mol. The first kappa shape index (κ1) is 15.7. The first-order valence-corrected chi connectivity index (χ1v) is 9.90. The molecule has 0 saturated heterocycles. The SMILES string of the molecule is CSCC[C@H](N)C(=O)N(C)CC12CC3CC(CC(C3)C1)C2. The molecule has 0 aromatic carbocycles. The molecule has 0 heterocycles. The number of likely N-dealkylation sites (N-methyl/N-ethyl adjacent to an activating group) is 1. The Hall–Kier alpha value is -0.220. The van der Waals surface area contributed by atoms with Gasteiger partial charge in [-0.05, 0) is 80.1 Å². The Kier molecular flexibility index (Phi) is 4.56. The normalized spacial score (nSPS) is 38.5. The van der Waals surface area contributed by atoms with Gasteiger partial charge < -0.3 is 10.6 Å². The van der Waals surface area contributed by atoms with E-state index in [1.165, 1.54) is 38.5 Å². The van der Waals surface area contributed by atoms with E-state index >= 15 is 0 Å². The third kappa shape index (κ3) is 3.26. The van der Waals surface area contributed by atoms with Crippen LogP contribution < -0.4 is 5.73 Å². The summed E-state index contributed by atoms with van der Waals surface area (Å²) in [7, 11) is 1.97. The fourth-order valence-electron chi connectivity index (χ4n) is 5.72. The van der Waals surface area contributed by atoms with Crippen LogP contribution in [0.25, 0.3) is 0 Å². The van der Waals surface area contributed by atoms with Gasteiger partial charge in [-0.25, -0.2) is 0 Å². The smallest absolute Gasteiger partial charge is 0.239 e. The van der Waals surface area contributed by atoms with Crippen molar-refractivity contribution in [2.75, 3.05) is 25.6 Å². The average Bonchev–Trinajstić information content (AvgIpc) is 2.41. The third-order valence-electron chi connectivity index (χ3n) is 6.06. The zero-order valence-electron chi connectivity index (χ0n) is 13.5. The van der Waals surface area contributed by atoms with Crippen LogP contribution in [0.15, 0.2) is 0 Å². The summed E-state index contributed by atoms with van der Waals surface area (Å²) in [5.74, 6) is 3.97. The zero-order chi connectivity index (χ0) is 15.0. The molecular formula is C17H30N2OS. The molecule has 21 heavy (non-hydrogen) atoms. The molecule has 0 unspecified atom stereocenters. The van der Waals surface area contributed by atoms with E-state index in [1.807, 2.05) is 11.9 Å². The lowest BCUT2D eigenvalue weighted by Crippen LogP contribution is -2.53. The van der Waals surface area contributed by atoms with Crippen LogP contribution in [0.2, 0.25) is 0 Å². The van der Waals surface area contributed by atoms with Crippen molar-refractivity contribution < 1.29 is 4.79 Å². The van der Waals surface area contributed by atoms with Crippen molar-refractivity contribution in [3.63, 3.8) is 0 Å². The van der Waals surface area contributed by atoms with E-state index in [-0.39, 0.29) is 11.9 Å². The van der Waals surface area contributed by atoms with Gasteiger partial charge in [-0.1, -0.05) is 0 Å². The fraction of sp³-hybridized carbons (Fsp3) is 0.941. The van der Waals surface area contributed by atoms with E-state index < -0.39 is 0 Å². The number of thioether (sulfide) groups is 1. The molecule has 0 radical (unpaired) electrons. The highest BCUT2D eigenvalue weighted by Crippen LogP contribution is 2.60. The minimum absolute atomic E-state index is 0.153. The Bertz CT molecular complexity index is 363. The van der Waals surface area contributed by atoms with Crippen molar-refractivity contribution in [2.45, 2.75) is 51.0 Å². The van der Waals surface area contributed by atoms with Crippen LogP contribution in [-0.4, -0.2) is 42.4 Å². The van der Waals surface area contributed by atoms with E-state index in [9.17, 15) is 4.79 Å². The highest BCUT2D eigenvalue weighted by molar-refractivity contribution is 7.98. The second-order valence-electron chi connectivity index (χ2n) is 8.00. The van der Waals surface area contributed by atoms with Gasteiger partial charge in [0, 0.05) is 13.6 Å². The molecule has 0 aromatic heterocycles. The first-order valence-electron chi connectivity index (χ1n) is 8.51. The van der Waals surface area contributed by atoms with Crippen LogP contribution in [0.4, 0.5) is 0 Å². The molecule has 1 amide bonds. The quantitative estimate of drug-likeness (QED) is 0.820. The van der Waals surface area contributed by atoms with Crippen molar-refractivity contribution in [2.24, 2.45) is 28.9 Å². The summed E-state index contributed by atoms with van der Waals surface area (Å²) in [5.41, 5.74) is 6.50. The van der Waals surface area contributed by atoms with Gasteiger partial charge in [-0.3, -0.25) is 4.79 Å². The summed E-state index contributed by atoms with van der Waals surface area (Å²) in [6, 6.07) is -0.309. The summed E-state index contributed by atoms with van der Waals surface area (Å²) in [5, 5.41) is 0. The monoisotopic (exact) mass is 310 g/mol. The highest BCUT2D eigenvalue weighted by Gasteiger charge is 2.51. The zero-order valence-corrected chi connectivity index (χ0v) is 14.3. The lowest BCUT2D eigenvalue weighted by atomic mass is 9.49. The Morgan fingerprint density at radius 2 is 1.76 bits per heavy atom. The molecule has 4 saturated carbocycles. The maximum Gasteiger partial charge on any atom is 0.239 e. The number of hydrogen-bond donors (Lipinski definition) is 1. The molecule has 0 spiro atoms. The second kappa shape index (κ2) is 6.11. The van der Waals surface area contributed by atoms with Crippen LogP contribution >= 0.6 is 11.8 Å². The maximum absolute atomic E-state index is 12.5. The van der Waals surface area contributed by atoms with Gasteiger partial charge >= 0.3 is 0 Å². The molecule has 0 aliphatic heterocycles. The van der Waals surface area contributed by atoms with Gasteiger partial charge in [-0.2, -0.15) is 11.8 Å². The molecule has 2 N–H and O–H groups in total. The molecule has 4 fully saturated rings. The van der Waals surface area contributed by atoms with Crippen molar-refractivity contribution in [3.8, 4) is 0 Å². The lowest BCUT2D eigenvalue weighted by molar-refractivity contribution is -0.136. The highest BCUT2D eigenvalue weighted by atomic mass is 32.2. The van der Waals surface area contributed by atoms with Crippen LogP contribution in [0.5, 0.6) is 0 Å². The molecule has 3 nitrogen and oxygen atoms in total. The predicted octanol–water partition coefficient (Wildman–Crippen LogP) is 2.74. The van der Waals surface area contributed by atoms with Gasteiger partial charge in [0.2, 0.25) is 5.91 Å². The first-order chi connectivity index (χ1) is 10.0. The summed E-state index contributed by atoms with van der Waals surface area (Å²) in [6.07, 6.45) is 11.3. The molecule has 4 rings (SSSR count). The number of carbonyl (C=O) groups excluding carboxylic acids is 1. The summed E-state index contributed by atoms with van der Waals surface area (Å²) < 4.78 is 0. The standard InChI is InChI=1S/C17H30N2OS/c1-19(16(20)15(18)3-4-21-2)11-17-8-12-5-13(9-17)7-14(6-12)10-17/h12-15H,3-11,18H2,1-2H3/t12?,13?,14?,15-,17?/m0/s1. The number of amides is 1. The van der Waals surface area contributed by atoms with Crippen molar-refractivity contribution in [3.05, 3.63) is 0 Å². The minimum Gasteiger partial charge on any atom is -0.344 e. The number of nitrogens with zero attached hydrogens (tertiary/aromatic N) is 1. The van der Waals surface area contributed by atoms with Crippen LogP contribution in [0, 0.1) is 23.2 Å². The summed E-state index contributed by atoms with van der Waals surface area (Å²) in [6.45, 7) is 0.947. The van der Waals surface area contributed by atoms with E-state index in [2.05, 4.69) is 6.26 Å². The van der Waals surface area contributed by atoms with E-state index in [0.29, 0.717) is 5.41 Å². The van der Waals surface area contributed by atoms with Gasteiger partial charge in [0.1, 0.15) is 0 Å². The Morgan fingerprint density at radius 3 is 2.24 bits per heavy atom. The van der Waals surface area contributed by atoms with Gasteiger partial charge in [0.25, 0.3) is 0 Å². The van der Waals surface area contributed by atoms with E-state index in [1.54, 1.807) is 11.8 Å². The molecule has 1 atom stereocenters. The fourth-order valence-corrected chi connectivity index (χ4v) is 6.21. The van der Waals surface area contributed by atoms with Gasteiger partial charge in [-0.15, -0.1) is 0 Å². The van der Waals surface area contributed by atoms with Crippen LogP contribution in [-0.2, 0) is 4.79 Å². The molecular weight excluding hydrogens is 280 g/mol. The molecule has 0 aromatic rings. The van der Waals surface area contributed by atoms with E-state index in [0.717, 1.165) is 36.5 Å². The number of carbonyl (C=O) groups is 1. The molecule has 4 aliphatic carbocycles. The summed E-state index contributed by atoms with van der Waals surface area (Å²) in [4.78, 5) is 14.4. The Morgan fingerprint density at radius 1 is 1.24 bits per heavy atom. The molecule has 4 bridgehead atoms. The number of nitrogens with two attached hydrogens (primary N) is 1. The van der Waals surface area contributed by atoms with Gasteiger partial charge in [0.05, 0.1) is 6.04 Å². The molecule has 4 heteroatoms. The minimum atomic E-state index is -0.309. The maximum atomic E-state index is 12.5. The largest absolute Gasteiger partial charge is 0.344 e. The van der Waals surface area contributed by atoms with Crippen LogP contribution in [0.3, 0.4) is 0 Å². The van der Waals surface area contributed by atoms with E-state index in [4.69, 9.17) is 5.73 Å². The van der Waals surface area contributed by atoms with Crippen molar-refractivity contribution >= 4 is 17.7 Å². The Balaban J connectivity index is 1.59. The predicted molar refractivity (Wildman–Crippen MR) is 89.2 cm³/mol. The second-order valence-corrected chi connectivity index (χ2v) is 8.99. The summed E-state index contributed by atoms with van der Waals surface area (Å²) >= 11 is 1.76. The molecule has 120 valence electrons. The van der Waals surface area contributed by atoms with Crippen molar-refractivity contribution in [1.82, 2.24) is 4.90 Å². The van der Waals surface area contributed by atoms with Gasteiger partial charge in [0.15, 0.2) is 0 Å². The molecule has 4 aliphatic rings.